The number of methoxy groups -OCH3 is 2. The van der Waals surface area contributed by atoms with E-state index in [1.54, 1.807) is 12.1 Å². The van der Waals surface area contributed by atoms with Gasteiger partial charge in [-0.1, -0.05) is 0 Å². The van der Waals surface area contributed by atoms with Crippen LogP contribution in [0.4, 0.5) is 8.78 Å². The summed E-state index contributed by atoms with van der Waals surface area (Å²) in [6.45, 7) is -3.47. The molecule has 0 aromatic heterocycles. The molecule has 2 aromatic carbocycles. The van der Waals surface area contributed by atoms with Gasteiger partial charge in [0.05, 0.1) is 14.2 Å². The number of esters is 1. The van der Waals surface area contributed by atoms with E-state index in [0.29, 0.717) is 5.75 Å². The molecule has 0 heterocycles. The van der Waals surface area contributed by atoms with Crippen LogP contribution in [0.15, 0.2) is 42.5 Å². The van der Waals surface area contributed by atoms with Crippen molar-refractivity contribution in [1.82, 2.24) is 0 Å². The summed E-state index contributed by atoms with van der Waals surface area (Å²) in [5.41, 5.74) is 0.303. The Morgan fingerprint density at radius 1 is 0.962 bits per heavy atom. The summed E-state index contributed by atoms with van der Waals surface area (Å²) in [6, 6.07) is 9.66. The summed E-state index contributed by atoms with van der Waals surface area (Å²) in [5.74, 6) is -0.624. The molecule has 0 aliphatic rings. The minimum absolute atomic E-state index is 0.0744. The second-order valence-corrected chi connectivity index (χ2v) is 4.97. The summed E-state index contributed by atoms with van der Waals surface area (Å²) < 4.78 is 43.5. The van der Waals surface area contributed by atoms with Crippen LogP contribution in [0.25, 0.3) is 0 Å². The van der Waals surface area contributed by atoms with Crippen molar-refractivity contribution in [2.45, 2.75) is 6.61 Å². The van der Waals surface area contributed by atoms with Crippen molar-refractivity contribution in [3.63, 3.8) is 0 Å². The predicted molar refractivity (Wildman–Crippen MR) is 87.2 cm³/mol. The Balaban J connectivity index is 2.01. The van der Waals surface area contributed by atoms with E-state index in [1.165, 1.54) is 44.6 Å². The molecule has 0 spiro atoms. The summed E-state index contributed by atoms with van der Waals surface area (Å²) in [5, 5.41) is 0. The van der Waals surface area contributed by atoms with E-state index in [9.17, 15) is 18.4 Å². The first-order valence-corrected chi connectivity index (χ1v) is 7.42. The van der Waals surface area contributed by atoms with Gasteiger partial charge < -0.3 is 18.9 Å². The maximum Gasteiger partial charge on any atom is 0.387 e. The molecular weight excluding hydrogens is 350 g/mol. The van der Waals surface area contributed by atoms with Crippen molar-refractivity contribution in [2.75, 3.05) is 20.8 Å². The number of ether oxygens (including phenoxy) is 4. The van der Waals surface area contributed by atoms with Gasteiger partial charge in [-0.05, 0) is 42.5 Å². The first-order valence-electron chi connectivity index (χ1n) is 7.42. The third-order valence-corrected chi connectivity index (χ3v) is 3.36. The molecule has 0 amide bonds. The summed E-state index contributed by atoms with van der Waals surface area (Å²) >= 11 is 0. The zero-order chi connectivity index (χ0) is 19.1. The van der Waals surface area contributed by atoms with Crippen LogP contribution in [-0.4, -0.2) is 39.2 Å². The quantitative estimate of drug-likeness (QED) is 0.527. The van der Waals surface area contributed by atoms with Gasteiger partial charge in [0.2, 0.25) is 0 Å². The van der Waals surface area contributed by atoms with Crippen LogP contribution in [0.2, 0.25) is 0 Å². The first-order chi connectivity index (χ1) is 12.4. The van der Waals surface area contributed by atoms with Crippen LogP contribution in [0, 0.1) is 0 Å². The Hall–Kier alpha value is -3.16. The lowest BCUT2D eigenvalue weighted by Crippen LogP contribution is -2.15. The Labute approximate surface area is 148 Å². The molecule has 0 atom stereocenters. The van der Waals surface area contributed by atoms with E-state index < -0.39 is 25.0 Å². The van der Waals surface area contributed by atoms with Crippen LogP contribution in [0.3, 0.4) is 0 Å². The van der Waals surface area contributed by atoms with E-state index >= 15 is 0 Å². The van der Waals surface area contributed by atoms with Gasteiger partial charge in [-0.15, -0.1) is 0 Å². The van der Waals surface area contributed by atoms with E-state index in [1.807, 2.05) is 0 Å². The lowest BCUT2D eigenvalue weighted by Gasteiger charge is -2.10. The highest BCUT2D eigenvalue weighted by Gasteiger charge is 2.17. The highest BCUT2D eigenvalue weighted by molar-refractivity contribution is 6.00. The van der Waals surface area contributed by atoms with E-state index in [2.05, 4.69) is 4.74 Å². The lowest BCUT2D eigenvalue weighted by molar-refractivity contribution is -0.0498. The third-order valence-electron chi connectivity index (χ3n) is 3.36. The molecule has 0 aliphatic carbocycles. The summed E-state index contributed by atoms with van der Waals surface area (Å²) in [7, 11) is 2.84. The molecule has 0 bridgehead atoms. The van der Waals surface area contributed by atoms with E-state index in [0.717, 1.165) is 0 Å². The zero-order valence-corrected chi connectivity index (χ0v) is 14.0. The highest BCUT2D eigenvalue weighted by atomic mass is 19.3. The van der Waals surface area contributed by atoms with Gasteiger partial charge in [-0.3, -0.25) is 4.79 Å². The Morgan fingerprint density at radius 2 is 1.62 bits per heavy atom. The SMILES string of the molecule is COc1ccc(OC)c(C(=O)OCC(=O)c2ccc(OC(F)F)cc2)c1. The van der Waals surface area contributed by atoms with Crippen LogP contribution in [0.1, 0.15) is 20.7 Å². The molecule has 0 unspecified atom stereocenters. The van der Waals surface area contributed by atoms with Crippen LogP contribution >= 0.6 is 0 Å². The average molecular weight is 366 g/mol. The fourth-order valence-corrected chi connectivity index (χ4v) is 2.09. The fraction of sp³-hybridized carbons (Fsp3) is 0.222. The van der Waals surface area contributed by atoms with Crippen LogP contribution < -0.4 is 14.2 Å². The largest absolute Gasteiger partial charge is 0.497 e. The van der Waals surface area contributed by atoms with Gasteiger partial charge in [0.1, 0.15) is 22.8 Å². The fourth-order valence-electron chi connectivity index (χ4n) is 2.09. The first kappa shape index (κ1) is 19.2. The lowest BCUT2D eigenvalue weighted by atomic mass is 10.1. The molecule has 138 valence electrons. The number of halogens is 2. The number of ketones is 1. The summed E-state index contributed by atoms with van der Waals surface area (Å²) in [6.07, 6.45) is 0. The number of hydrogen-bond donors (Lipinski definition) is 0. The van der Waals surface area contributed by atoms with Crippen molar-refractivity contribution in [3.8, 4) is 17.2 Å². The number of hydrogen-bond acceptors (Lipinski definition) is 6. The zero-order valence-electron chi connectivity index (χ0n) is 14.0. The topological polar surface area (TPSA) is 71.1 Å². The average Bonchev–Trinajstić information content (AvgIpc) is 2.65. The minimum Gasteiger partial charge on any atom is -0.497 e. The molecule has 0 N–H and O–H groups in total. The Bertz CT molecular complexity index is 774. The van der Waals surface area contributed by atoms with Crippen LogP contribution in [-0.2, 0) is 4.74 Å². The number of carbonyl (C=O) groups excluding carboxylic acids is 2. The molecule has 2 rings (SSSR count). The van der Waals surface area contributed by atoms with Crippen molar-refractivity contribution >= 4 is 11.8 Å². The normalized spacial score (nSPS) is 10.3. The van der Waals surface area contributed by atoms with Gasteiger partial charge in [0.25, 0.3) is 0 Å². The molecule has 0 fully saturated rings. The van der Waals surface area contributed by atoms with Crippen molar-refractivity contribution in [2.24, 2.45) is 0 Å². The molecule has 0 radical (unpaired) electrons. The number of carbonyl (C=O) groups is 2. The van der Waals surface area contributed by atoms with Crippen molar-refractivity contribution < 1.29 is 37.3 Å². The van der Waals surface area contributed by atoms with Gasteiger partial charge in [-0.2, -0.15) is 8.78 Å². The Kier molecular flexibility index (Phi) is 6.48. The molecule has 26 heavy (non-hydrogen) atoms. The highest BCUT2D eigenvalue weighted by Crippen LogP contribution is 2.24. The van der Waals surface area contributed by atoms with Crippen molar-refractivity contribution in [1.29, 1.82) is 0 Å². The second-order valence-electron chi connectivity index (χ2n) is 4.97. The molecule has 0 saturated carbocycles. The maximum atomic E-state index is 12.2. The van der Waals surface area contributed by atoms with Crippen molar-refractivity contribution in [3.05, 3.63) is 53.6 Å². The van der Waals surface area contributed by atoms with Gasteiger partial charge in [0, 0.05) is 5.56 Å². The number of alkyl halides is 2. The summed E-state index contributed by atoms with van der Waals surface area (Å²) in [4.78, 5) is 24.3. The third kappa shape index (κ3) is 4.92. The predicted octanol–water partition coefficient (Wildman–Crippen LogP) is 3.34. The Morgan fingerprint density at radius 3 is 2.19 bits per heavy atom. The maximum absolute atomic E-state index is 12.2. The monoisotopic (exact) mass is 366 g/mol. The molecule has 6 nitrogen and oxygen atoms in total. The molecular formula is C18H16F2O6. The number of Topliss-reactive ketones (excluding diaryl/α,β-unsaturated/α-hetero) is 1. The van der Waals surface area contributed by atoms with Gasteiger partial charge in [0.15, 0.2) is 12.4 Å². The minimum atomic E-state index is -2.95. The number of benzene rings is 2. The van der Waals surface area contributed by atoms with Gasteiger partial charge in [-0.25, -0.2) is 4.79 Å². The standard InChI is InChI=1S/C18H16F2O6/c1-23-13-7-8-16(24-2)14(9-13)17(22)25-10-15(21)11-3-5-12(6-4-11)26-18(19)20/h3-9,18H,10H2,1-2H3. The second kappa shape index (κ2) is 8.80. The van der Waals surface area contributed by atoms with E-state index in [-0.39, 0.29) is 22.6 Å². The number of rotatable bonds is 8. The molecule has 0 saturated heterocycles. The molecule has 2 aromatic rings. The molecule has 8 heteroatoms. The van der Waals surface area contributed by atoms with Crippen LogP contribution in [0.5, 0.6) is 17.2 Å². The van der Waals surface area contributed by atoms with E-state index in [4.69, 9.17) is 14.2 Å². The van der Waals surface area contributed by atoms with Gasteiger partial charge >= 0.3 is 12.6 Å². The smallest absolute Gasteiger partial charge is 0.387 e. The molecule has 0 aliphatic heterocycles.